The van der Waals surface area contributed by atoms with Crippen LogP contribution in [0.4, 0.5) is 20.2 Å². The molecule has 2 aromatic carbocycles. The number of carbonyl (C=O) groups is 1. The summed E-state index contributed by atoms with van der Waals surface area (Å²) in [6.45, 7) is 0.286. The van der Waals surface area contributed by atoms with Gasteiger partial charge in [-0.25, -0.2) is 8.78 Å². The lowest BCUT2D eigenvalue weighted by atomic mass is 10.2. The van der Waals surface area contributed by atoms with E-state index in [0.717, 1.165) is 6.07 Å². The molecule has 0 aliphatic heterocycles. The average molecular weight is 345 g/mol. The van der Waals surface area contributed by atoms with Gasteiger partial charge >= 0.3 is 0 Å². The number of hydrogen-bond acceptors (Lipinski definition) is 2. The molecular weight excluding hydrogens is 333 g/mol. The van der Waals surface area contributed by atoms with E-state index in [0.29, 0.717) is 21.8 Å². The molecule has 1 amide bonds. The van der Waals surface area contributed by atoms with Crippen molar-refractivity contribution in [2.45, 2.75) is 6.42 Å². The number of hydrogen-bond donors (Lipinski definition) is 2. The third-order valence-corrected chi connectivity index (χ3v) is 3.37. The molecule has 0 aromatic heterocycles. The van der Waals surface area contributed by atoms with Gasteiger partial charge in [0.05, 0.1) is 16.4 Å². The van der Waals surface area contributed by atoms with Gasteiger partial charge in [-0.3, -0.25) is 4.79 Å². The van der Waals surface area contributed by atoms with E-state index in [1.54, 1.807) is 18.2 Å². The van der Waals surface area contributed by atoms with Gasteiger partial charge in [0.2, 0.25) is 5.91 Å². The number of nitrogens with one attached hydrogen (secondary N) is 2. The lowest BCUT2D eigenvalue weighted by Crippen LogP contribution is -2.17. The van der Waals surface area contributed by atoms with Gasteiger partial charge in [0.25, 0.3) is 0 Å². The fourth-order valence-electron chi connectivity index (χ4n) is 1.75. The summed E-state index contributed by atoms with van der Waals surface area (Å²) >= 11 is 11.8. The molecule has 0 unspecified atom stereocenters. The van der Waals surface area contributed by atoms with Crippen molar-refractivity contribution < 1.29 is 13.6 Å². The Morgan fingerprint density at radius 1 is 1.05 bits per heavy atom. The maximum Gasteiger partial charge on any atom is 0.226 e. The smallest absolute Gasteiger partial charge is 0.226 e. The van der Waals surface area contributed by atoms with Crippen molar-refractivity contribution in [2.75, 3.05) is 17.2 Å². The molecule has 0 bridgehead atoms. The summed E-state index contributed by atoms with van der Waals surface area (Å²) in [5.41, 5.74) is 0.544. The molecule has 0 fully saturated rings. The summed E-state index contributed by atoms with van der Waals surface area (Å²) in [6.07, 6.45) is 0.0830. The fourth-order valence-corrected chi connectivity index (χ4v) is 2.10. The largest absolute Gasteiger partial charge is 0.383 e. The summed E-state index contributed by atoms with van der Waals surface area (Å²) in [5, 5.41) is 6.33. The van der Waals surface area contributed by atoms with E-state index in [-0.39, 0.29) is 18.7 Å². The molecule has 0 aliphatic rings. The number of carbonyl (C=O) groups excluding carboxylic acids is 1. The number of rotatable bonds is 5. The number of anilines is 2. The number of benzene rings is 2. The zero-order valence-corrected chi connectivity index (χ0v) is 12.8. The van der Waals surface area contributed by atoms with Gasteiger partial charge in [0, 0.05) is 24.1 Å². The van der Waals surface area contributed by atoms with Crippen LogP contribution in [0.25, 0.3) is 0 Å². The molecular formula is C15H12Cl2F2N2O. The molecule has 2 N–H and O–H groups in total. The lowest BCUT2D eigenvalue weighted by Gasteiger charge is -2.09. The molecule has 22 heavy (non-hydrogen) atoms. The molecule has 2 aromatic rings. The molecule has 116 valence electrons. The van der Waals surface area contributed by atoms with E-state index in [1.807, 2.05) is 0 Å². The van der Waals surface area contributed by atoms with E-state index in [1.165, 1.54) is 6.07 Å². The van der Waals surface area contributed by atoms with Gasteiger partial charge in [-0.2, -0.15) is 0 Å². The van der Waals surface area contributed by atoms with Gasteiger partial charge in [-0.1, -0.05) is 23.2 Å². The standard InChI is InChI=1S/C15H12Cl2F2N2O/c16-9-1-3-11(17)14(7-9)20-6-5-15(22)21-13-4-2-10(18)8-12(13)19/h1-4,7-8,20H,5-6H2,(H,21,22). The average Bonchev–Trinajstić information content (AvgIpc) is 2.46. The van der Waals surface area contributed by atoms with Crippen molar-refractivity contribution in [3.63, 3.8) is 0 Å². The van der Waals surface area contributed by atoms with Crippen molar-refractivity contribution in [2.24, 2.45) is 0 Å². The molecule has 0 radical (unpaired) electrons. The van der Waals surface area contributed by atoms with Gasteiger partial charge < -0.3 is 10.6 Å². The number of amides is 1. The molecule has 2 rings (SSSR count). The first-order valence-corrected chi connectivity index (χ1v) is 7.15. The molecule has 0 spiro atoms. The first-order valence-electron chi connectivity index (χ1n) is 6.39. The molecule has 7 heteroatoms. The minimum atomic E-state index is -0.820. The topological polar surface area (TPSA) is 41.1 Å². The Balaban J connectivity index is 1.86. The van der Waals surface area contributed by atoms with Crippen LogP contribution in [0.15, 0.2) is 36.4 Å². The van der Waals surface area contributed by atoms with Crippen LogP contribution in [-0.4, -0.2) is 12.5 Å². The molecule has 0 saturated carbocycles. The highest BCUT2D eigenvalue weighted by atomic mass is 35.5. The predicted octanol–water partition coefficient (Wildman–Crippen LogP) is 4.71. The number of halogens is 4. The highest BCUT2D eigenvalue weighted by molar-refractivity contribution is 6.35. The molecule has 3 nitrogen and oxygen atoms in total. The van der Waals surface area contributed by atoms with E-state index < -0.39 is 17.5 Å². The Kier molecular flexibility index (Phi) is 5.57. The predicted molar refractivity (Wildman–Crippen MR) is 84.6 cm³/mol. The van der Waals surface area contributed by atoms with Crippen LogP contribution in [0.2, 0.25) is 10.0 Å². The maximum atomic E-state index is 13.4. The Bertz CT molecular complexity index is 695. The molecule has 0 aliphatic carbocycles. The Labute approximate surface area is 136 Å². The van der Waals surface area contributed by atoms with Crippen molar-refractivity contribution >= 4 is 40.5 Å². The SMILES string of the molecule is O=C(CCNc1cc(Cl)ccc1Cl)Nc1ccc(F)cc1F. The Hall–Kier alpha value is -1.85. The fraction of sp³-hybridized carbons (Fsp3) is 0.133. The van der Waals surface area contributed by atoms with E-state index >= 15 is 0 Å². The highest BCUT2D eigenvalue weighted by Crippen LogP contribution is 2.25. The van der Waals surface area contributed by atoms with Gasteiger partial charge in [-0.15, -0.1) is 0 Å². The second-order valence-corrected chi connectivity index (χ2v) is 5.32. The van der Waals surface area contributed by atoms with Crippen molar-refractivity contribution in [1.29, 1.82) is 0 Å². The molecule has 0 atom stereocenters. The van der Waals surface area contributed by atoms with Crippen LogP contribution < -0.4 is 10.6 Å². The van der Waals surface area contributed by atoms with E-state index in [2.05, 4.69) is 10.6 Å². The van der Waals surface area contributed by atoms with E-state index in [9.17, 15) is 13.6 Å². The minimum Gasteiger partial charge on any atom is -0.383 e. The van der Waals surface area contributed by atoms with Crippen LogP contribution >= 0.6 is 23.2 Å². The van der Waals surface area contributed by atoms with Crippen molar-refractivity contribution in [3.8, 4) is 0 Å². The van der Waals surface area contributed by atoms with Gasteiger partial charge in [0.1, 0.15) is 11.6 Å². The monoisotopic (exact) mass is 344 g/mol. The third kappa shape index (κ3) is 4.58. The summed E-state index contributed by atoms with van der Waals surface area (Å²) in [5.74, 6) is -1.93. The second-order valence-electron chi connectivity index (χ2n) is 4.47. The first-order chi connectivity index (χ1) is 10.5. The summed E-state index contributed by atoms with van der Waals surface area (Å²) < 4.78 is 26.2. The van der Waals surface area contributed by atoms with Crippen LogP contribution in [0.5, 0.6) is 0 Å². The van der Waals surface area contributed by atoms with Gasteiger partial charge in [0.15, 0.2) is 0 Å². The van der Waals surface area contributed by atoms with Gasteiger partial charge in [-0.05, 0) is 30.3 Å². The van der Waals surface area contributed by atoms with Crippen LogP contribution in [0.1, 0.15) is 6.42 Å². The third-order valence-electron chi connectivity index (χ3n) is 2.80. The second kappa shape index (κ2) is 7.42. The minimum absolute atomic E-state index is 0.0628. The zero-order chi connectivity index (χ0) is 16.1. The van der Waals surface area contributed by atoms with Crippen LogP contribution in [0.3, 0.4) is 0 Å². The van der Waals surface area contributed by atoms with Crippen LogP contribution in [-0.2, 0) is 4.79 Å². The highest BCUT2D eigenvalue weighted by Gasteiger charge is 2.08. The van der Waals surface area contributed by atoms with Crippen molar-refractivity contribution in [1.82, 2.24) is 0 Å². The molecule has 0 saturated heterocycles. The first kappa shape index (κ1) is 16.5. The summed E-state index contributed by atoms with van der Waals surface area (Å²) in [7, 11) is 0. The Morgan fingerprint density at radius 2 is 1.82 bits per heavy atom. The zero-order valence-electron chi connectivity index (χ0n) is 11.3. The van der Waals surface area contributed by atoms with Crippen molar-refractivity contribution in [3.05, 3.63) is 58.1 Å². The normalized spacial score (nSPS) is 10.4. The van der Waals surface area contributed by atoms with E-state index in [4.69, 9.17) is 23.2 Å². The molecule has 0 heterocycles. The lowest BCUT2D eigenvalue weighted by molar-refractivity contribution is -0.116. The quantitative estimate of drug-likeness (QED) is 0.824. The summed E-state index contributed by atoms with van der Waals surface area (Å²) in [4.78, 5) is 11.7. The maximum absolute atomic E-state index is 13.4. The Morgan fingerprint density at radius 3 is 2.55 bits per heavy atom. The van der Waals surface area contributed by atoms with Crippen LogP contribution in [0, 0.1) is 11.6 Å². The summed E-state index contributed by atoms with van der Waals surface area (Å²) in [6, 6.07) is 7.88.